The highest BCUT2D eigenvalue weighted by Crippen LogP contribution is 2.36. The van der Waals surface area contributed by atoms with Crippen LogP contribution >= 0.6 is 23.2 Å². The van der Waals surface area contributed by atoms with Crippen LogP contribution in [0.2, 0.25) is 10.0 Å². The van der Waals surface area contributed by atoms with Crippen molar-refractivity contribution in [1.29, 1.82) is 0 Å². The van der Waals surface area contributed by atoms with E-state index >= 15 is 0 Å². The van der Waals surface area contributed by atoms with E-state index in [9.17, 15) is 18.0 Å². The number of nitrogens with zero attached hydrogens (tertiary/aromatic N) is 1. The van der Waals surface area contributed by atoms with Gasteiger partial charge in [0.1, 0.15) is 5.75 Å². The molecule has 0 N–H and O–H groups in total. The zero-order valence-corrected chi connectivity index (χ0v) is 17.0. The number of hydrogen-bond acceptors (Lipinski definition) is 2. The van der Waals surface area contributed by atoms with Gasteiger partial charge in [-0.15, -0.1) is 0 Å². The van der Waals surface area contributed by atoms with Gasteiger partial charge in [-0.1, -0.05) is 41.4 Å². The van der Waals surface area contributed by atoms with E-state index in [-0.39, 0.29) is 27.9 Å². The Hall–Kier alpha value is -1.92. The molecule has 1 atom stereocenters. The van der Waals surface area contributed by atoms with Crippen LogP contribution in [0, 0.1) is 0 Å². The van der Waals surface area contributed by atoms with E-state index in [1.54, 1.807) is 29.2 Å². The highest BCUT2D eigenvalue weighted by molar-refractivity contribution is 6.36. The van der Waals surface area contributed by atoms with Gasteiger partial charge in [0.2, 0.25) is 0 Å². The minimum absolute atomic E-state index is 0.0277. The van der Waals surface area contributed by atoms with E-state index in [0.29, 0.717) is 18.8 Å². The second-order valence-electron chi connectivity index (χ2n) is 6.93. The third kappa shape index (κ3) is 5.58. The van der Waals surface area contributed by atoms with Gasteiger partial charge < -0.3 is 9.64 Å². The van der Waals surface area contributed by atoms with Crippen LogP contribution in [-0.4, -0.2) is 30.0 Å². The molecule has 3 rings (SSSR count). The normalized spacial score (nSPS) is 15.8. The lowest BCUT2D eigenvalue weighted by atomic mass is 10.0. The Morgan fingerprint density at radius 3 is 2.17 bits per heavy atom. The van der Waals surface area contributed by atoms with E-state index < -0.39 is 17.8 Å². The van der Waals surface area contributed by atoms with Gasteiger partial charge in [0.15, 0.2) is 6.10 Å². The summed E-state index contributed by atoms with van der Waals surface area (Å²) in [4.78, 5) is 14.8. The van der Waals surface area contributed by atoms with Crippen molar-refractivity contribution < 1.29 is 22.7 Å². The van der Waals surface area contributed by atoms with Gasteiger partial charge in [0.05, 0.1) is 5.56 Å². The number of halogens is 5. The second-order valence-corrected chi connectivity index (χ2v) is 7.74. The average Bonchev–Trinajstić information content (AvgIpc) is 2.70. The lowest BCUT2D eigenvalue weighted by molar-refractivity contribution is -0.140. The summed E-state index contributed by atoms with van der Waals surface area (Å²) in [5, 5.41) is -0.282. The SMILES string of the molecule is O=C(C(Cc1c(Cl)cc(C(F)(F)F)cc1Cl)Oc1ccccc1)N1CCCCC1. The molecule has 2 aromatic rings. The topological polar surface area (TPSA) is 29.5 Å². The van der Waals surface area contributed by atoms with E-state index in [0.717, 1.165) is 31.4 Å². The number of piperidine rings is 1. The van der Waals surface area contributed by atoms with Gasteiger partial charge in [0, 0.05) is 29.6 Å². The third-order valence-corrected chi connectivity index (χ3v) is 5.50. The summed E-state index contributed by atoms with van der Waals surface area (Å²) in [5.74, 6) is 0.266. The first kappa shape index (κ1) is 21.8. The van der Waals surface area contributed by atoms with E-state index in [4.69, 9.17) is 27.9 Å². The van der Waals surface area contributed by atoms with Crippen molar-refractivity contribution in [3.8, 4) is 5.75 Å². The third-order valence-electron chi connectivity index (χ3n) is 4.82. The predicted octanol–water partition coefficient (Wildman–Crippen LogP) is 6.01. The number of likely N-dealkylation sites (tertiary alicyclic amines) is 1. The quantitative estimate of drug-likeness (QED) is 0.563. The Balaban J connectivity index is 1.89. The maximum absolute atomic E-state index is 13.1. The molecule has 156 valence electrons. The first-order chi connectivity index (χ1) is 13.8. The zero-order chi connectivity index (χ0) is 21.0. The van der Waals surface area contributed by atoms with Crippen molar-refractivity contribution in [2.75, 3.05) is 13.1 Å². The molecule has 8 heteroatoms. The fraction of sp³-hybridized carbons (Fsp3) is 0.381. The van der Waals surface area contributed by atoms with Crippen molar-refractivity contribution in [2.45, 2.75) is 38.0 Å². The van der Waals surface area contributed by atoms with Crippen LogP contribution < -0.4 is 4.74 Å². The number of ether oxygens (including phenoxy) is 1. The van der Waals surface area contributed by atoms with Crippen molar-refractivity contribution in [2.24, 2.45) is 0 Å². The summed E-state index contributed by atoms with van der Waals surface area (Å²) in [7, 11) is 0. The minimum atomic E-state index is -4.56. The summed E-state index contributed by atoms with van der Waals surface area (Å²) in [5.41, 5.74) is -0.674. The molecular formula is C21H20Cl2F3NO2. The number of para-hydroxylation sites is 1. The number of hydrogen-bond donors (Lipinski definition) is 0. The van der Waals surface area contributed by atoms with Gasteiger partial charge in [-0.3, -0.25) is 4.79 Å². The Bertz CT molecular complexity index is 830. The Kier molecular flexibility index (Phi) is 6.96. The molecule has 1 saturated heterocycles. The van der Waals surface area contributed by atoms with E-state index in [1.165, 1.54) is 0 Å². The fourth-order valence-electron chi connectivity index (χ4n) is 3.31. The Morgan fingerprint density at radius 1 is 1.03 bits per heavy atom. The Morgan fingerprint density at radius 2 is 1.62 bits per heavy atom. The van der Waals surface area contributed by atoms with Crippen LogP contribution in [0.25, 0.3) is 0 Å². The first-order valence-electron chi connectivity index (χ1n) is 9.31. The summed E-state index contributed by atoms with van der Waals surface area (Å²) in [6, 6.07) is 10.4. The van der Waals surface area contributed by atoms with E-state index in [1.807, 2.05) is 6.07 Å². The van der Waals surface area contributed by atoms with Crippen molar-refractivity contribution in [1.82, 2.24) is 4.90 Å². The molecule has 1 heterocycles. The maximum atomic E-state index is 13.1. The van der Waals surface area contributed by atoms with Crippen LogP contribution in [0.1, 0.15) is 30.4 Å². The van der Waals surface area contributed by atoms with Gasteiger partial charge in [-0.05, 0) is 49.1 Å². The Labute approximate surface area is 177 Å². The van der Waals surface area contributed by atoms with Crippen LogP contribution in [-0.2, 0) is 17.4 Å². The number of rotatable bonds is 5. The van der Waals surface area contributed by atoms with Crippen molar-refractivity contribution in [3.05, 3.63) is 63.6 Å². The lowest BCUT2D eigenvalue weighted by Gasteiger charge is -2.31. The fourth-order valence-corrected chi connectivity index (χ4v) is 3.95. The molecule has 1 amide bonds. The molecule has 0 bridgehead atoms. The summed E-state index contributed by atoms with van der Waals surface area (Å²) < 4.78 is 44.9. The van der Waals surface area contributed by atoms with Crippen molar-refractivity contribution >= 4 is 29.1 Å². The van der Waals surface area contributed by atoms with Crippen LogP contribution in [0.4, 0.5) is 13.2 Å². The molecule has 0 spiro atoms. The molecule has 0 saturated carbocycles. The van der Waals surface area contributed by atoms with Crippen LogP contribution in [0.3, 0.4) is 0 Å². The number of carbonyl (C=O) groups excluding carboxylic acids is 1. The molecule has 0 aromatic heterocycles. The van der Waals surface area contributed by atoms with Gasteiger partial charge in [-0.25, -0.2) is 0 Å². The molecule has 1 fully saturated rings. The number of alkyl halides is 3. The monoisotopic (exact) mass is 445 g/mol. The molecule has 1 aliphatic rings. The van der Waals surface area contributed by atoms with E-state index in [2.05, 4.69) is 0 Å². The zero-order valence-electron chi connectivity index (χ0n) is 15.5. The van der Waals surface area contributed by atoms with Crippen molar-refractivity contribution in [3.63, 3.8) is 0 Å². The average molecular weight is 446 g/mol. The van der Waals surface area contributed by atoms with Crippen LogP contribution in [0.15, 0.2) is 42.5 Å². The van der Waals surface area contributed by atoms with Gasteiger partial charge in [-0.2, -0.15) is 13.2 Å². The van der Waals surface area contributed by atoms with Gasteiger partial charge in [0.25, 0.3) is 5.91 Å². The van der Waals surface area contributed by atoms with Crippen LogP contribution in [0.5, 0.6) is 5.75 Å². The highest BCUT2D eigenvalue weighted by Gasteiger charge is 2.33. The molecule has 1 aliphatic heterocycles. The predicted molar refractivity (Wildman–Crippen MR) is 106 cm³/mol. The molecule has 3 nitrogen and oxygen atoms in total. The molecule has 2 aromatic carbocycles. The second kappa shape index (κ2) is 9.26. The molecular weight excluding hydrogens is 426 g/mol. The first-order valence-corrected chi connectivity index (χ1v) is 10.1. The summed E-state index contributed by atoms with van der Waals surface area (Å²) in [6.07, 6.45) is -2.65. The molecule has 0 aliphatic carbocycles. The highest BCUT2D eigenvalue weighted by atomic mass is 35.5. The van der Waals surface area contributed by atoms with Gasteiger partial charge >= 0.3 is 6.18 Å². The smallest absolute Gasteiger partial charge is 0.416 e. The standard InChI is InChI=1S/C21H20Cl2F3NO2/c22-17-11-14(21(24,25)26)12-18(23)16(17)13-19(29-15-7-3-1-4-8-15)20(28)27-9-5-2-6-10-27/h1,3-4,7-8,11-12,19H,2,5-6,9-10,13H2. The minimum Gasteiger partial charge on any atom is -0.480 e. The largest absolute Gasteiger partial charge is 0.480 e. The number of benzene rings is 2. The molecule has 1 unspecified atom stereocenters. The molecule has 29 heavy (non-hydrogen) atoms. The lowest BCUT2D eigenvalue weighted by Crippen LogP contribution is -2.45. The number of amides is 1. The number of carbonyl (C=O) groups is 1. The molecule has 0 radical (unpaired) electrons. The summed E-state index contributed by atoms with van der Waals surface area (Å²) >= 11 is 12.2. The maximum Gasteiger partial charge on any atom is 0.416 e. The summed E-state index contributed by atoms with van der Waals surface area (Å²) in [6.45, 7) is 1.25.